The van der Waals surface area contributed by atoms with Crippen LogP contribution in [0.25, 0.3) is 12.2 Å². The summed E-state index contributed by atoms with van der Waals surface area (Å²) in [5.41, 5.74) is 14.3. The molecule has 0 aliphatic heterocycles. The van der Waals surface area contributed by atoms with Gasteiger partial charge in [0.15, 0.2) is 0 Å². The van der Waals surface area contributed by atoms with Gasteiger partial charge in [-0.3, -0.25) is 0 Å². The second kappa shape index (κ2) is 6.27. The van der Waals surface area contributed by atoms with Gasteiger partial charge in [0.1, 0.15) is 0 Å². The van der Waals surface area contributed by atoms with Gasteiger partial charge >= 0.3 is 0 Å². The Hall–Kier alpha value is -2.08. The Balaban J connectivity index is 1.63. The Morgan fingerprint density at radius 1 is 0.500 bits per heavy atom. The molecule has 0 saturated heterocycles. The van der Waals surface area contributed by atoms with E-state index in [1.54, 1.807) is 11.8 Å². The van der Waals surface area contributed by atoms with E-state index in [0.717, 1.165) is 12.8 Å². The van der Waals surface area contributed by atoms with Gasteiger partial charge in [0.25, 0.3) is 0 Å². The highest BCUT2D eigenvalue weighted by molar-refractivity contribution is 5.78. The summed E-state index contributed by atoms with van der Waals surface area (Å²) in [6, 6.07) is 9.05. The molecule has 26 heavy (non-hydrogen) atoms. The van der Waals surface area contributed by atoms with E-state index < -0.39 is 0 Å². The van der Waals surface area contributed by atoms with Crippen molar-refractivity contribution in [3.63, 3.8) is 0 Å². The van der Waals surface area contributed by atoms with Gasteiger partial charge in [0.2, 0.25) is 0 Å². The van der Waals surface area contributed by atoms with Gasteiger partial charge in [-0.15, -0.1) is 0 Å². The Labute approximate surface area is 158 Å². The topological polar surface area (TPSA) is 0 Å². The monoisotopic (exact) mass is 340 g/mol. The molecule has 2 radical (unpaired) electrons. The number of fused-ring (bicyclic) bond motifs is 2. The normalized spacial score (nSPS) is 16.5. The molecular weight excluding hydrogens is 312 g/mol. The first kappa shape index (κ1) is 17.3. The van der Waals surface area contributed by atoms with Crippen molar-refractivity contribution in [1.29, 1.82) is 0 Å². The van der Waals surface area contributed by atoms with Crippen molar-refractivity contribution >= 4 is 12.2 Å². The van der Waals surface area contributed by atoms with Gasteiger partial charge < -0.3 is 0 Å². The molecule has 0 N–H and O–H groups in total. The van der Waals surface area contributed by atoms with E-state index in [9.17, 15) is 0 Å². The molecule has 2 aliphatic carbocycles. The van der Waals surface area contributed by atoms with Crippen molar-refractivity contribution in [2.24, 2.45) is 0 Å². The maximum Gasteiger partial charge on any atom is 0.0305 e. The lowest BCUT2D eigenvalue weighted by atomic mass is 9.82. The van der Waals surface area contributed by atoms with Crippen molar-refractivity contribution in [2.75, 3.05) is 0 Å². The number of hydrogen-bond donors (Lipinski definition) is 0. The Morgan fingerprint density at radius 2 is 0.846 bits per heavy atom. The fraction of sp³-hybridized carbons (Fsp3) is 0.308. The van der Waals surface area contributed by atoms with Crippen LogP contribution in [0.3, 0.4) is 0 Å². The molecular formula is C26H28. The van der Waals surface area contributed by atoms with Gasteiger partial charge in [0, 0.05) is 11.8 Å². The van der Waals surface area contributed by atoms with E-state index in [4.69, 9.17) is 0 Å². The summed E-state index contributed by atoms with van der Waals surface area (Å²) >= 11 is 0. The zero-order valence-corrected chi connectivity index (χ0v) is 16.9. The second-order valence-electron chi connectivity index (χ2n) is 8.09. The van der Waals surface area contributed by atoms with Gasteiger partial charge in [-0.1, -0.05) is 47.6 Å². The summed E-state index contributed by atoms with van der Waals surface area (Å²) in [7, 11) is 0. The minimum absolute atomic E-state index is 1.12. The molecule has 0 bridgehead atoms. The smallest absolute Gasteiger partial charge is 0.0305 e. The molecule has 0 nitrogen and oxygen atoms in total. The largest absolute Gasteiger partial charge is 0.0609 e. The summed E-state index contributed by atoms with van der Waals surface area (Å²) in [6.45, 7) is 13.5. The molecule has 0 amide bonds. The fourth-order valence-electron chi connectivity index (χ4n) is 4.73. The third-order valence-corrected chi connectivity index (χ3v) is 6.25. The quantitative estimate of drug-likeness (QED) is 0.560. The van der Waals surface area contributed by atoms with Crippen LogP contribution in [-0.2, 0) is 0 Å². The molecule has 0 heteroatoms. The van der Waals surface area contributed by atoms with Crippen LogP contribution in [0.4, 0.5) is 0 Å². The van der Waals surface area contributed by atoms with Gasteiger partial charge in [0.05, 0.1) is 0 Å². The second-order valence-corrected chi connectivity index (χ2v) is 8.09. The molecule has 0 spiro atoms. The highest BCUT2D eigenvalue weighted by Crippen LogP contribution is 2.46. The van der Waals surface area contributed by atoms with Crippen LogP contribution in [-0.4, -0.2) is 0 Å². The summed E-state index contributed by atoms with van der Waals surface area (Å²) in [6.07, 6.45) is 7.01. The SMILES string of the molecule is CC1=Cc2c(C)ccc(C)c2[C]1CC[C]1C(C)=Cc2c(C)ccc(C)c21. The molecule has 0 aromatic heterocycles. The van der Waals surface area contributed by atoms with Crippen LogP contribution in [0.1, 0.15) is 71.2 Å². The van der Waals surface area contributed by atoms with Gasteiger partial charge in [-0.05, 0) is 98.9 Å². The van der Waals surface area contributed by atoms with E-state index in [1.807, 2.05) is 0 Å². The van der Waals surface area contributed by atoms with Crippen molar-refractivity contribution < 1.29 is 0 Å². The van der Waals surface area contributed by atoms with E-state index in [-0.39, 0.29) is 0 Å². The highest BCUT2D eigenvalue weighted by Gasteiger charge is 2.30. The summed E-state index contributed by atoms with van der Waals surface area (Å²) in [5.74, 6) is 3.08. The van der Waals surface area contributed by atoms with Crippen molar-refractivity contribution in [2.45, 2.75) is 54.4 Å². The average molecular weight is 341 g/mol. The van der Waals surface area contributed by atoms with Crippen molar-refractivity contribution in [3.05, 3.63) is 91.8 Å². The predicted molar refractivity (Wildman–Crippen MR) is 113 cm³/mol. The molecule has 0 fully saturated rings. The molecule has 2 aliphatic rings. The van der Waals surface area contributed by atoms with Gasteiger partial charge in [-0.2, -0.15) is 0 Å². The van der Waals surface area contributed by atoms with Crippen molar-refractivity contribution in [3.8, 4) is 0 Å². The predicted octanol–water partition coefficient (Wildman–Crippen LogP) is 7.08. The first-order chi connectivity index (χ1) is 12.4. The Bertz CT molecular complexity index is 873. The lowest BCUT2D eigenvalue weighted by molar-refractivity contribution is 0.815. The third-order valence-electron chi connectivity index (χ3n) is 6.25. The summed E-state index contributed by atoms with van der Waals surface area (Å²) in [4.78, 5) is 0. The standard InChI is InChI=1S/C26H28/c1-15-7-9-17(3)25-21(19(5)13-23(15)25)11-12-22-20(6)14-24-16(2)8-10-18(4)26(22)24/h7-10,13-14H,11-12H2,1-6H3. The van der Waals surface area contributed by atoms with Crippen molar-refractivity contribution in [1.82, 2.24) is 0 Å². The zero-order valence-electron chi connectivity index (χ0n) is 16.9. The minimum Gasteiger partial charge on any atom is -0.0609 e. The van der Waals surface area contributed by atoms with E-state index in [0.29, 0.717) is 0 Å². The van der Waals surface area contributed by atoms with Crippen LogP contribution in [0, 0.1) is 39.5 Å². The minimum atomic E-state index is 1.12. The van der Waals surface area contributed by atoms with Crippen LogP contribution < -0.4 is 0 Å². The number of allylic oxidation sites excluding steroid dienone is 2. The summed E-state index contributed by atoms with van der Waals surface area (Å²) < 4.78 is 0. The van der Waals surface area contributed by atoms with Crippen LogP contribution in [0.15, 0.2) is 35.4 Å². The summed E-state index contributed by atoms with van der Waals surface area (Å²) in [5, 5.41) is 0. The number of rotatable bonds is 3. The van der Waals surface area contributed by atoms with E-state index in [2.05, 4.69) is 78.0 Å². The Kier molecular flexibility index (Phi) is 4.18. The van der Waals surface area contributed by atoms with E-state index >= 15 is 0 Å². The fourth-order valence-corrected chi connectivity index (χ4v) is 4.73. The maximum atomic E-state index is 2.39. The average Bonchev–Trinajstić information content (AvgIpc) is 3.11. The molecule has 132 valence electrons. The molecule has 2 aromatic rings. The van der Waals surface area contributed by atoms with Gasteiger partial charge in [-0.25, -0.2) is 0 Å². The molecule has 0 heterocycles. The molecule has 0 atom stereocenters. The molecule has 0 saturated carbocycles. The molecule has 4 rings (SSSR count). The highest BCUT2D eigenvalue weighted by atomic mass is 14.3. The van der Waals surface area contributed by atoms with Crippen LogP contribution >= 0.6 is 0 Å². The number of hydrogen-bond acceptors (Lipinski definition) is 0. The lowest BCUT2D eigenvalue weighted by Crippen LogP contribution is -2.07. The van der Waals surface area contributed by atoms with E-state index in [1.165, 1.54) is 55.7 Å². The first-order valence-electron chi connectivity index (χ1n) is 9.68. The third kappa shape index (κ3) is 2.58. The molecule has 2 aromatic carbocycles. The van der Waals surface area contributed by atoms with Crippen LogP contribution in [0.5, 0.6) is 0 Å². The number of aryl methyl sites for hydroxylation is 4. The Morgan fingerprint density at radius 3 is 1.23 bits per heavy atom. The lowest BCUT2D eigenvalue weighted by Gasteiger charge is -2.21. The zero-order chi connectivity index (χ0) is 18.6. The van der Waals surface area contributed by atoms with Crippen LogP contribution in [0.2, 0.25) is 0 Å². The maximum absolute atomic E-state index is 2.39. The molecule has 0 unspecified atom stereocenters. The number of benzene rings is 2. The first-order valence-corrected chi connectivity index (χ1v) is 9.68.